The number of rotatable bonds is 8. The molecule has 2 aromatic carbocycles. The molecule has 1 aliphatic rings. The molecule has 1 saturated heterocycles. The summed E-state index contributed by atoms with van der Waals surface area (Å²) in [6.45, 7) is 4.59. The Labute approximate surface area is 212 Å². The van der Waals surface area contributed by atoms with Gasteiger partial charge in [-0.3, -0.25) is 14.6 Å². The molecular formula is C25H25ClN4O4S. The van der Waals surface area contributed by atoms with Gasteiger partial charge >= 0.3 is 0 Å². The van der Waals surface area contributed by atoms with Crippen molar-refractivity contribution in [3.8, 4) is 17.1 Å². The van der Waals surface area contributed by atoms with Crippen LogP contribution in [0.25, 0.3) is 21.5 Å². The van der Waals surface area contributed by atoms with Gasteiger partial charge in [0.2, 0.25) is 0 Å². The Balaban J connectivity index is 1.44. The molecule has 182 valence electrons. The molecular weight excluding hydrogens is 488 g/mol. The maximum atomic E-state index is 13.7. The fourth-order valence-corrected chi connectivity index (χ4v) is 5.32. The maximum Gasteiger partial charge on any atom is 0.282 e. The number of anilines is 1. The first-order valence-electron chi connectivity index (χ1n) is 11.4. The van der Waals surface area contributed by atoms with Gasteiger partial charge in [0.1, 0.15) is 11.3 Å². The molecule has 10 heteroatoms. The zero-order valence-corrected chi connectivity index (χ0v) is 20.8. The van der Waals surface area contributed by atoms with Gasteiger partial charge in [0, 0.05) is 37.8 Å². The summed E-state index contributed by atoms with van der Waals surface area (Å²) < 4.78 is 17.2. The first kappa shape index (κ1) is 23.7. The molecule has 0 saturated carbocycles. The molecule has 2 aromatic heterocycles. The summed E-state index contributed by atoms with van der Waals surface area (Å²) in [6.07, 6.45) is 0.774. The van der Waals surface area contributed by atoms with Crippen molar-refractivity contribution >= 4 is 44.2 Å². The van der Waals surface area contributed by atoms with Crippen LogP contribution in [0.5, 0.6) is 5.75 Å². The van der Waals surface area contributed by atoms with E-state index in [1.807, 2.05) is 30.3 Å². The molecule has 0 spiro atoms. The van der Waals surface area contributed by atoms with Gasteiger partial charge in [0.15, 0.2) is 16.6 Å². The average Bonchev–Trinajstić information content (AvgIpc) is 3.57. The molecule has 0 unspecified atom stereocenters. The van der Waals surface area contributed by atoms with E-state index in [4.69, 9.17) is 30.6 Å². The van der Waals surface area contributed by atoms with Gasteiger partial charge in [-0.1, -0.05) is 58.4 Å². The van der Waals surface area contributed by atoms with E-state index in [0.717, 1.165) is 49.5 Å². The molecule has 8 nitrogen and oxygen atoms in total. The number of halogens is 1. The smallest absolute Gasteiger partial charge is 0.282 e. The number of aromatic nitrogens is 2. The number of methoxy groups -OCH3 is 1. The Kier molecular flexibility index (Phi) is 7.29. The molecule has 35 heavy (non-hydrogen) atoms. The van der Waals surface area contributed by atoms with Gasteiger partial charge < -0.3 is 14.0 Å². The largest absolute Gasteiger partial charge is 0.494 e. The normalized spacial score (nSPS) is 14.3. The van der Waals surface area contributed by atoms with E-state index in [0.29, 0.717) is 33.7 Å². The number of benzene rings is 2. The number of nitrogens with zero attached hydrogens (tertiary/aromatic N) is 4. The number of thiazole rings is 1. The Morgan fingerprint density at radius 2 is 2.00 bits per heavy atom. The molecule has 1 aliphatic heterocycles. The van der Waals surface area contributed by atoms with E-state index in [-0.39, 0.29) is 11.6 Å². The van der Waals surface area contributed by atoms with Crippen LogP contribution in [-0.2, 0) is 4.74 Å². The third-order valence-electron chi connectivity index (χ3n) is 5.89. The highest BCUT2D eigenvalue weighted by atomic mass is 35.5. The van der Waals surface area contributed by atoms with Crippen molar-refractivity contribution in [3.05, 3.63) is 59.2 Å². The van der Waals surface area contributed by atoms with Crippen molar-refractivity contribution in [2.45, 2.75) is 6.42 Å². The highest BCUT2D eigenvalue weighted by molar-refractivity contribution is 7.23. The van der Waals surface area contributed by atoms with Crippen molar-refractivity contribution in [1.29, 1.82) is 0 Å². The number of carbonyl (C=O) groups excluding carboxylic acids is 1. The molecule has 0 radical (unpaired) electrons. The standard InChI is InChI=1S/C25H25ClN4O4S/c1-32-20-9-8-18(26)23-22(20)27-25(35-23)30(11-5-10-29-12-14-33-15-13-29)24(31)19-16-21(34-28-19)17-6-3-2-4-7-17/h2-4,6-9,16H,5,10-15H2,1H3. The molecule has 4 aromatic rings. The third-order valence-corrected chi connectivity index (χ3v) is 7.43. The lowest BCUT2D eigenvalue weighted by atomic mass is 10.1. The zero-order valence-electron chi connectivity index (χ0n) is 19.3. The van der Waals surface area contributed by atoms with E-state index in [2.05, 4.69) is 10.1 Å². The summed E-state index contributed by atoms with van der Waals surface area (Å²) in [7, 11) is 1.59. The predicted molar refractivity (Wildman–Crippen MR) is 137 cm³/mol. The molecule has 0 atom stereocenters. The van der Waals surface area contributed by atoms with Crippen LogP contribution >= 0.6 is 22.9 Å². The highest BCUT2D eigenvalue weighted by Crippen LogP contribution is 2.39. The summed E-state index contributed by atoms with van der Waals surface area (Å²) in [6, 6.07) is 14.8. The van der Waals surface area contributed by atoms with Crippen LogP contribution in [0.1, 0.15) is 16.9 Å². The van der Waals surface area contributed by atoms with Crippen molar-refractivity contribution in [2.75, 3.05) is 51.4 Å². The molecule has 0 bridgehead atoms. The number of carbonyl (C=O) groups is 1. The molecule has 5 rings (SSSR count). The highest BCUT2D eigenvalue weighted by Gasteiger charge is 2.26. The third kappa shape index (κ3) is 5.18. The van der Waals surface area contributed by atoms with Crippen molar-refractivity contribution < 1.29 is 18.8 Å². The number of fused-ring (bicyclic) bond motifs is 1. The van der Waals surface area contributed by atoms with Gasteiger partial charge in [-0.2, -0.15) is 0 Å². The van der Waals surface area contributed by atoms with Gasteiger partial charge in [0.05, 0.1) is 30.0 Å². The summed E-state index contributed by atoms with van der Waals surface area (Å²) in [5.74, 6) is 0.878. The second kappa shape index (κ2) is 10.7. The Morgan fingerprint density at radius 3 is 2.77 bits per heavy atom. The first-order chi connectivity index (χ1) is 17.1. The van der Waals surface area contributed by atoms with Crippen molar-refractivity contribution in [2.24, 2.45) is 0 Å². The monoisotopic (exact) mass is 512 g/mol. The number of hydrogen-bond donors (Lipinski definition) is 0. The van der Waals surface area contributed by atoms with Crippen LogP contribution in [0.2, 0.25) is 5.02 Å². The number of hydrogen-bond acceptors (Lipinski definition) is 8. The Morgan fingerprint density at radius 1 is 1.20 bits per heavy atom. The van der Waals surface area contributed by atoms with Gasteiger partial charge in [0.25, 0.3) is 5.91 Å². The van der Waals surface area contributed by atoms with Gasteiger partial charge in [-0.25, -0.2) is 4.98 Å². The molecule has 0 N–H and O–H groups in total. The topological polar surface area (TPSA) is 80.9 Å². The van der Waals surface area contributed by atoms with Gasteiger partial charge in [-0.05, 0) is 18.6 Å². The fourth-order valence-electron chi connectivity index (χ4n) is 4.04. The lowest BCUT2D eigenvalue weighted by Gasteiger charge is -2.27. The van der Waals surface area contributed by atoms with Crippen LogP contribution in [-0.4, -0.2) is 67.5 Å². The second-order valence-corrected chi connectivity index (χ2v) is 9.52. The lowest BCUT2D eigenvalue weighted by Crippen LogP contribution is -2.39. The van der Waals surface area contributed by atoms with Crippen LogP contribution in [0.15, 0.2) is 53.1 Å². The summed E-state index contributed by atoms with van der Waals surface area (Å²) >= 11 is 7.81. The minimum absolute atomic E-state index is 0.229. The van der Waals surface area contributed by atoms with Crippen LogP contribution in [0.3, 0.4) is 0 Å². The van der Waals surface area contributed by atoms with E-state index < -0.39 is 0 Å². The second-order valence-electron chi connectivity index (χ2n) is 8.13. The number of morpholine rings is 1. The van der Waals surface area contributed by atoms with Crippen LogP contribution < -0.4 is 9.64 Å². The maximum absolute atomic E-state index is 13.7. The average molecular weight is 513 g/mol. The fraction of sp³-hybridized carbons (Fsp3) is 0.320. The minimum Gasteiger partial charge on any atom is -0.494 e. The SMILES string of the molecule is COc1ccc(Cl)c2sc(N(CCCN3CCOCC3)C(=O)c3cc(-c4ccccc4)on3)nc12. The van der Waals surface area contributed by atoms with Gasteiger partial charge in [-0.15, -0.1) is 0 Å². The summed E-state index contributed by atoms with van der Waals surface area (Å²) in [5.41, 5.74) is 1.72. The first-order valence-corrected chi connectivity index (χ1v) is 12.6. The van der Waals surface area contributed by atoms with Crippen molar-refractivity contribution in [3.63, 3.8) is 0 Å². The Bertz CT molecular complexity index is 1300. The van der Waals surface area contributed by atoms with E-state index >= 15 is 0 Å². The summed E-state index contributed by atoms with van der Waals surface area (Å²) in [4.78, 5) is 22.4. The number of ether oxygens (including phenoxy) is 2. The number of amides is 1. The molecule has 1 amide bonds. The van der Waals surface area contributed by atoms with E-state index in [9.17, 15) is 4.79 Å². The van der Waals surface area contributed by atoms with Crippen LogP contribution in [0, 0.1) is 0 Å². The van der Waals surface area contributed by atoms with Crippen molar-refractivity contribution in [1.82, 2.24) is 15.0 Å². The predicted octanol–water partition coefficient (Wildman–Crippen LogP) is 4.98. The zero-order chi connectivity index (χ0) is 24.2. The minimum atomic E-state index is -0.271. The quantitative estimate of drug-likeness (QED) is 0.329. The van der Waals surface area contributed by atoms with E-state index in [1.54, 1.807) is 30.2 Å². The lowest BCUT2D eigenvalue weighted by molar-refractivity contribution is 0.0376. The Hall–Kier alpha value is -2.98. The molecule has 0 aliphatic carbocycles. The molecule has 3 heterocycles. The summed E-state index contributed by atoms with van der Waals surface area (Å²) in [5, 5.41) is 5.19. The molecule has 1 fully saturated rings. The van der Waals surface area contributed by atoms with Crippen LogP contribution in [0.4, 0.5) is 5.13 Å². The van der Waals surface area contributed by atoms with E-state index in [1.165, 1.54) is 11.3 Å².